The molecule has 0 bridgehead atoms. The van der Waals surface area contributed by atoms with Gasteiger partial charge in [-0.3, -0.25) is 0 Å². The predicted octanol–water partition coefficient (Wildman–Crippen LogP) is 0.699. The molecule has 0 radical (unpaired) electrons. The summed E-state index contributed by atoms with van der Waals surface area (Å²) in [5.74, 6) is 0.398. The summed E-state index contributed by atoms with van der Waals surface area (Å²) in [6, 6.07) is -0.0222. The maximum atomic E-state index is 11.7. The quantitative estimate of drug-likeness (QED) is 0.773. The number of nitrogens with one attached hydrogen (secondary N) is 1. The van der Waals surface area contributed by atoms with Gasteiger partial charge in [-0.05, 0) is 5.92 Å². The van der Waals surface area contributed by atoms with Gasteiger partial charge in [0.25, 0.3) is 0 Å². The number of hydrogen-bond donors (Lipinski definition) is 1. The number of rotatable bonds is 4. The van der Waals surface area contributed by atoms with Gasteiger partial charge < -0.3 is 19.7 Å². The van der Waals surface area contributed by atoms with Crippen LogP contribution >= 0.6 is 0 Å². The van der Waals surface area contributed by atoms with E-state index in [0.717, 1.165) is 0 Å². The van der Waals surface area contributed by atoms with Gasteiger partial charge in [-0.15, -0.1) is 0 Å². The molecule has 0 aliphatic carbocycles. The van der Waals surface area contributed by atoms with Crippen LogP contribution in [0, 0.1) is 5.92 Å². The third-order valence-electron chi connectivity index (χ3n) is 2.80. The SMILES string of the molecule is CO[C@H](CNC(=O)N1CCOCC1)C(C)C. The van der Waals surface area contributed by atoms with Gasteiger partial charge >= 0.3 is 6.03 Å². The molecule has 1 aliphatic heterocycles. The average Bonchev–Trinajstić information content (AvgIpc) is 2.30. The molecule has 1 fully saturated rings. The Bertz CT molecular complexity index is 215. The van der Waals surface area contributed by atoms with E-state index in [-0.39, 0.29) is 12.1 Å². The van der Waals surface area contributed by atoms with Gasteiger partial charge in [0.15, 0.2) is 0 Å². The van der Waals surface area contributed by atoms with E-state index in [2.05, 4.69) is 19.2 Å². The number of carbonyl (C=O) groups is 1. The monoisotopic (exact) mass is 230 g/mol. The number of morpholine rings is 1. The summed E-state index contributed by atoms with van der Waals surface area (Å²) < 4.78 is 10.5. The van der Waals surface area contributed by atoms with Crippen LogP contribution in [0.4, 0.5) is 4.79 Å². The van der Waals surface area contributed by atoms with Crippen LogP contribution in [0.15, 0.2) is 0 Å². The van der Waals surface area contributed by atoms with Crippen molar-refractivity contribution < 1.29 is 14.3 Å². The van der Waals surface area contributed by atoms with Gasteiger partial charge in [-0.25, -0.2) is 4.79 Å². The molecule has 5 nitrogen and oxygen atoms in total. The lowest BCUT2D eigenvalue weighted by atomic mass is 10.1. The molecule has 0 aromatic carbocycles. The molecule has 0 unspecified atom stereocenters. The minimum atomic E-state index is -0.0222. The molecule has 1 rings (SSSR count). The van der Waals surface area contributed by atoms with Crippen LogP contribution < -0.4 is 5.32 Å². The van der Waals surface area contributed by atoms with Crippen LogP contribution in [-0.4, -0.2) is 57.0 Å². The number of ether oxygens (including phenoxy) is 2. The molecule has 1 atom stereocenters. The Morgan fingerprint density at radius 1 is 1.44 bits per heavy atom. The Kier molecular flexibility index (Phi) is 5.55. The highest BCUT2D eigenvalue weighted by Gasteiger charge is 2.18. The van der Waals surface area contributed by atoms with Crippen molar-refractivity contribution in [2.45, 2.75) is 20.0 Å². The first-order valence-corrected chi connectivity index (χ1v) is 5.78. The fourth-order valence-corrected chi connectivity index (χ4v) is 1.66. The summed E-state index contributed by atoms with van der Waals surface area (Å²) in [5, 5.41) is 2.89. The maximum Gasteiger partial charge on any atom is 0.317 e. The molecule has 0 aromatic heterocycles. The van der Waals surface area contributed by atoms with E-state index in [1.165, 1.54) is 0 Å². The average molecular weight is 230 g/mol. The number of methoxy groups -OCH3 is 1. The minimum absolute atomic E-state index is 0.0222. The highest BCUT2D eigenvalue weighted by atomic mass is 16.5. The van der Waals surface area contributed by atoms with Crippen LogP contribution in [0.3, 0.4) is 0 Å². The molecule has 1 saturated heterocycles. The van der Waals surface area contributed by atoms with Crippen LogP contribution in [0.5, 0.6) is 0 Å². The Morgan fingerprint density at radius 2 is 2.06 bits per heavy atom. The lowest BCUT2D eigenvalue weighted by Gasteiger charge is -2.28. The molecule has 16 heavy (non-hydrogen) atoms. The second-order valence-corrected chi connectivity index (χ2v) is 4.30. The molecule has 1 N–H and O–H groups in total. The van der Waals surface area contributed by atoms with Gasteiger partial charge in [0.2, 0.25) is 0 Å². The first kappa shape index (κ1) is 13.3. The maximum absolute atomic E-state index is 11.7. The zero-order valence-electron chi connectivity index (χ0n) is 10.4. The second kappa shape index (κ2) is 6.70. The van der Waals surface area contributed by atoms with Crippen LogP contribution in [0.2, 0.25) is 0 Å². The van der Waals surface area contributed by atoms with E-state index in [4.69, 9.17) is 9.47 Å². The summed E-state index contributed by atoms with van der Waals surface area (Å²) in [4.78, 5) is 13.5. The molecule has 2 amide bonds. The predicted molar refractivity (Wildman–Crippen MR) is 61.4 cm³/mol. The van der Waals surface area contributed by atoms with E-state index < -0.39 is 0 Å². The number of hydrogen-bond acceptors (Lipinski definition) is 3. The van der Waals surface area contributed by atoms with E-state index in [1.54, 1.807) is 12.0 Å². The van der Waals surface area contributed by atoms with E-state index in [1.807, 2.05) is 0 Å². The number of amides is 2. The van der Waals surface area contributed by atoms with Crippen molar-refractivity contribution in [1.29, 1.82) is 0 Å². The van der Waals surface area contributed by atoms with Gasteiger partial charge in [-0.2, -0.15) is 0 Å². The third-order valence-corrected chi connectivity index (χ3v) is 2.80. The normalized spacial score (nSPS) is 18.6. The first-order chi connectivity index (χ1) is 7.65. The smallest absolute Gasteiger partial charge is 0.317 e. The van der Waals surface area contributed by atoms with Crippen molar-refractivity contribution in [2.24, 2.45) is 5.92 Å². The van der Waals surface area contributed by atoms with E-state index in [0.29, 0.717) is 38.8 Å². The van der Waals surface area contributed by atoms with Crippen molar-refractivity contribution in [2.75, 3.05) is 40.0 Å². The van der Waals surface area contributed by atoms with Crippen LogP contribution in [-0.2, 0) is 9.47 Å². The van der Waals surface area contributed by atoms with Crippen molar-refractivity contribution >= 4 is 6.03 Å². The first-order valence-electron chi connectivity index (χ1n) is 5.78. The third kappa shape index (κ3) is 3.98. The summed E-state index contributed by atoms with van der Waals surface area (Å²) >= 11 is 0. The minimum Gasteiger partial charge on any atom is -0.379 e. The topological polar surface area (TPSA) is 50.8 Å². The van der Waals surface area contributed by atoms with E-state index in [9.17, 15) is 4.79 Å². The van der Waals surface area contributed by atoms with Gasteiger partial charge in [-0.1, -0.05) is 13.8 Å². The summed E-state index contributed by atoms with van der Waals surface area (Å²) in [5.41, 5.74) is 0. The summed E-state index contributed by atoms with van der Waals surface area (Å²) in [6.45, 7) is 7.32. The van der Waals surface area contributed by atoms with Crippen LogP contribution in [0.1, 0.15) is 13.8 Å². The molecule has 0 aromatic rings. The van der Waals surface area contributed by atoms with Crippen molar-refractivity contribution in [3.63, 3.8) is 0 Å². The van der Waals surface area contributed by atoms with E-state index >= 15 is 0 Å². The second-order valence-electron chi connectivity index (χ2n) is 4.30. The largest absolute Gasteiger partial charge is 0.379 e. The van der Waals surface area contributed by atoms with Crippen molar-refractivity contribution in [1.82, 2.24) is 10.2 Å². The Balaban J connectivity index is 2.27. The molecule has 94 valence electrons. The summed E-state index contributed by atoms with van der Waals surface area (Å²) in [7, 11) is 1.67. The molecular formula is C11H22N2O3. The zero-order chi connectivity index (χ0) is 12.0. The number of carbonyl (C=O) groups excluding carboxylic acids is 1. The lowest BCUT2D eigenvalue weighted by molar-refractivity contribution is 0.0465. The molecule has 0 spiro atoms. The molecule has 0 saturated carbocycles. The lowest BCUT2D eigenvalue weighted by Crippen LogP contribution is -2.48. The fraction of sp³-hybridized carbons (Fsp3) is 0.909. The molecule has 5 heteroatoms. The summed E-state index contributed by atoms with van der Waals surface area (Å²) in [6.07, 6.45) is 0.0741. The number of nitrogens with zero attached hydrogens (tertiary/aromatic N) is 1. The Morgan fingerprint density at radius 3 is 2.56 bits per heavy atom. The number of urea groups is 1. The van der Waals surface area contributed by atoms with Gasteiger partial charge in [0.05, 0.1) is 19.3 Å². The molecule has 1 aliphatic rings. The van der Waals surface area contributed by atoms with Crippen molar-refractivity contribution in [3.8, 4) is 0 Å². The van der Waals surface area contributed by atoms with Gasteiger partial charge in [0.1, 0.15) is 0 Å². The van der Waals surface area contributed by atoms with Crippen molar-refractivity contribution in [3.05, 3.63) is 0 Å². The fourth-order valence-electron chi connectivity index (χ4n) is 1.66. The van der Waals surface area contributed by atoms with Gasteiger partial charge in [0, 0.05) is 26.7 Å². The Labute approximate surface area is 97.1 Å². The highest BCUT2D eigenvalue weighted by Crippen LogP contribution is 2.04. The molecule has 1 heterocycles. The Hall–Kier alpha value is -0.810. The van der Waals surface area contributed by atoms with Crippen LogP contribution in [0.25, 0.3) is 0 Å². The molecular weight excluding hydrogens is 208 g/mol. The highest BCUT2D eigenvalue weighted by molar-refractivity contribution is 5.74. The standard InChI is InChI=1S/C11H22N2O3/c1-9(2)10(15-3)8-12-11(14)13-4-6-16-7-5-13/h9-10H,4-8H2,1-3H3,(H,12,14)/t10-/m1/s1. The zero-order valence-corrected chi connectivity index (χ0v) is 10.4.